The molecule has 0 amide bonds. The molecule has 2 rings (SSSR count). The van der Waals surface area contributed by atoms with E-state index in [-0.39, 0.29) is 26.8 Å². The van der Waals surface area contributed by atoms with Crippen LogP contribution in [0.4, 0.5) is 13.2 Å². The highest BCUT2D eigenvalue weighted by atomic mass is 79.9. The minimum Gasteiger partial charge on any atom is -0.405 e. The summed E-state index contributed by atoms with van der Waals surface area (Å²) in [5, 5.41) is 0. The van der Waals surface area contributed by atoms with E-state index in [1.165, 1.54) is 18.2 Å². The summed E-state index contributed by atoms with van der Waals surface area (Å²) in [5.74, 6) is 0.0216. The molecule has 1 fully saturated rings. The van der Waals surface area contributed by atoms with Gasteiger partial charge in [-0.2, -0.15) is 0 Å². The molecule has 0 bridgehead atoms. The first kappa shape index (κ1) is 15.8. The van der Waals surface area contributed by atoms with Crippen LogP contribution in [0.15, 0.2) is 22.7 Å². The summed E-state index contributed by atoms with van der Waals surface area (Å²) in [7, 11) is 0. The van der Waals surface area contributed by atoms with Crippen molar-refractivity contribution in [1.82, 2.24) is 0 Å². The first-order valence-electron chi connectivity index (χ1n) is 5.98. The third kappa shape index (κ3) is 4.48. The molecule has 1 unspecified atom stereocenters. The van der Waals surface area contributed by atoms with E-state index >= 15 is 0 Å². The Balaban J connectivity index is 2.03. The van der Waals surface area contributed by atoms with Gasteiger partial charge in [0.1, 0.15) is 11.5 Å². The van der Waals surface area contributed by atoms with Crippen molar-refractivity contribution in [3.05, 3.63) is 28.2 Å². The Morgan fingerprint density at radius 2 is 2.05 bits per heavy atom. The normalized spacial score (nSPS) is 16.9. The fourth-order valence-electron chi connectivity index (χ4n) is 1.81. The molecule has 1 aromatic carbocycles. The van der Waals surface area contributed by atoms with Crippen LogP contribution < -0.4 is 4.74 Å². The molecule has 20 heavy (non-hydrogen) atoms. The Bertz CT molecular complexity index is 513. The molecule has 1 aromatic rings. The molecule has 110 valence electrons. The maximum absolute atomic E-state index is 12.1. The first-order chi connectivity index (χ1) is 9.26. The Morgan fingerprint density at radius 3 is 2.55 bits per heavy atom. The molecule has 1 atom stereocenters. The molecule has 0 spiro atoms. The largest absolute Gasteiger partial charge is 0.573 e. The molecule has 1 aliphatic rings. The van der Waals surface area contributed by atoms with Crippen molar-refractivity contribution >= 4 is 37.6 Å². The highest BCUT2D eigenvalue weighted by molar-refractivity contribution is 9.10. The lowest BCUT2D eigenvalue weighted by Crippen LogP contribution is -2.19. The van der Waals surface area contributed by atoms with Crippen LogP contribution in [0.2, 0.25) is 0 Å². The summed E-state index contributed by atoms with van der Waals surface area (Å²) < 4.78 is 40.5. The van der Waals surface area contributed by atoms with Crippen molar-refractivity contribution in [2.75, 3.05) is 0 Å². The first-order valence-corrected chi connectivity index (χ1v) is 7.69. The average Bonchev–Trinajstić information content (AvgIpc) is 3.14. The van der Waals surface area contributed by atoms with Crippen LogP contribution >= 0.6 is 31.9 Å². The van der Waals surface area contributed by atoms with Gasteiger partial charge in [-0.1, -0.05) is 22.0 Å². The third-order valence-electron chi connectivity index (χ3n) is 2.93. The maximum Gasteiger partial charge on any atom is 0.573 e. The van der Waals surface area contributed by atoms with Gasteiger partial charge in [0, 0.05) is 5.92 Å². The van der Waals surface area contributed by atoms with Crippen molar-refractivity contribution < 1.29 is 22.7 Å². The minimum atomic E-state index is -4.72. The van der Waals surface area contributed by atoms with Gasteiger partial charge < -0.3 is 4.74 Å². The van der Waals surface area contributed by atoms with E-state index in [0.29, 0.717) is 6.42 Å². The van der Waals surface area contributed by atoms with E-state index in [2.05, 4.69) is 36.6 Å². The van der Waals surface area contributed by atoms with Gasteiger partial charge in [-0.25, -0.2) is 0 Å². The second-order valence-corrected chi connectivity index (χ2v) is 6.62. The van der Waals surface area contributed by atoms with Gasteiger partial charge in [-0.05, 0) is 52.9 Å². The van der Waals surface area contributed by atoms with E-state index in [0.717, 1.165) is 18.4 Å². The number of hydrogen-bond donors (Lipinski definition) is 0. The number of ketones is 1. The molecule has 0 aromatic heterocycles. The minimum absolute atomic E-state index is 0.149. The lowest BCUT2D eigenvalue weighted by Gasteiger charge is -2.13. The number of alkyl halides is 4. The van der Waals surface area contributed by atoms with Gasteiger partial charge in [0.2, 0.25) is 0 Å². The fourth-order valence-corrected chi connectivity index (χ4v) is 3.06. The van der Waals surface area contributed by atoms with E-state index in [1.807, 2.05) is 0 Å². The summed E-state index contributed by atoms with van der Waals surface area (Å²) in [6.45, 7) is 0. The van der Waals surface area contributed by atoms with Crippen molar-refractivity contribution in [3.63, 3.8) is 0 Å². The fraction of sp³-hybridized carbons (Fsp3) is 0.462. The standard InChI is InChI=1S/C13H11Br2F3O2/c14-9-5-7(1-4-11(9)20-13(16,17)18)6-10(15)12(19)8-2-3-8/h1,4-5,8,10H,2-3,6H2. The van der Waals surface area contributed by atoms with Crippen molar-refractivity contribution in [2.24, 2.45) is 5.92 Å². The Hall–Kier alpha value is -0.560. The average molecular weight is 416 g/mol. The number of carbonyl (C=O) groups is 1. The van der Waals surface area contributed by atoms with Gasteiger partial charge in [0.25, 0.3) is 0 Å². The lowest BCUT2D eigenvalue weighted by molar-refractivity contribution is -0.274. The zero-order valence-corrected chi connectivity index (χ0v) is 13.4. The molecular formula is C13H11Br2F3O2. The van der Waals surface area contributed by atoms with Gasteiger partial charge >= 0.3 is 6.36 Å². The third-order valence-corrected chi connectivity index (χ3v) is 4.32. The van der Waals surface area contributed by atoms with Crippen LogP contribution in [0.25, 0.3) is 0 Å². The van der Waals surface area contributed by atoms with Crippen LogP contribution in [0, 0.1) is 5.92 Å². The highest BCUT2D eigenvalue weighted by Crippen LogP contribution is 2.35. The number of benzene rings is 1. The predicted molar refractivity (Wildman–Crippen MR) is 75.0 cm³/mol. The molecule has 7 heteroatoms. The second kappa shape index (κ2) is 6.05. The van der Waals surface area contributed by atoms with Crippen LogP contribution in [-0.4, -0.2) is 17.0 Å². The van der Waals surface area contributed by atoms with E-state index in [9.17, 15) is 18.0 Å². The molecular weight excluding hydrogens is 405 g/mol. The number of hydrogen-bond acceptors (Lipinski definition) is 2. The smallest absolute Gasteiger partial charge is 0.405 e. The van der Waals surface area contributed by atoms with E-state index in [4.69, 9.17) is 0 Å². The SMILES string of the molecule is O=C(C(Br)Cc1ccc(OC(F)(F)F)c(Br)c1)C1CC1. The molecule has 1 saturated carbocycles. The van der Waals surface area contributed by atoms with E-state index in [1.54, 1.807) is 0 Å². The number of carbonyl (C=O) groups excluding carboxylic acids is 1. The molecule has 1 aliphatic carbocycles. The molecule has 2 nitrogen and oxygen atoms in total. The molecule has 0 aliphatic heterocycles. The molecule has 0 N–H and O–H groups in total. The zero-order valence-electron chi connectivity index (χ0n) is 10.2. The maximum atomic E-state index is 12.1. The predicted octanol–water partition coefficient (Wildman–Crippen LogP) is 4.63. The quantitative estimate of drug-likeness (QED) is 0.655. The van der Waals surface area contributed by atoms with E-state index < -0.39 is 6.36 Å². The zero-order chi connectivity index (χ0) is 14.9. The summed E-state index contributed by atoms with van der Waals surface area (Å²) >= 11 is 6.38. The summed E-state index contributed by atoms with van der Waals surface area (Å²) in [6, 6.07) is 4.31. The Kier molecular flexibility index (Phi) is 4.79. The number of Topliss-reactive ketones (excluding diaryl/α,β-unsaturated/α-hetero) is 1. The van der Waals surface area contributed by atoms with Gasteiger partial charge in [0.05, 0.1) is 9.30 Å². The van der Waals surface area contributed by atoms with Crippen LogP contribution in [-0.2, 0) is 11.2 Å². The van der Waals surface area contributed by atoms with Gasteiger partial charge in [-0.3, -0.25) is 4.79 Å². The Morgan fingerprint density at radius 1 is 1.40 bits per heavy atom. The molecule has 0 heterocycles. The van der Waals surface area contributed by atoms with Gasteiger partial charge in [-0.15, -0.1) is 13.2 Å². The van der Waals surface area contributed by atoms with Crippen molar-refractivity contribution in [3.8, 4) is 5.75 Å². The van der Waals surface area contributed by atoms with Crippen molar-refractivity contribution in [1.29, 1.82) is 0 Å². The number of rotatable bonds is 5. The monoisotopic (exact) mass is 414 g/mol. The number of halogens is 5. The topological polar surface area (TPSA) is 26.3 Å². The summed E-state index contributed by atoms with van der Waals surface area (Å²) in [5.41, 5.74) is 0.766. The van der Waals surface area contributed by atoms with Crippen LogP contribution in [0.5, 0.6) is 5.75 Å². The second-order valence-electron chi connectivity index (χ2n) is 4.66. The summed E-state index contributed by atoms with van der Waals surface area (Å²) in [4.78, 5) is 11.5. The summed E-state index contributed by atoms with van der Waals surface area (Å²) in [6.07, 6.45) is -2.41. The van der Waals surface area contributed by atoms with Crippen LogP contribution in [0.1, 0.15) is 18.4 Å². The van der Waals surface area contributed by atoms with Crippen LogP contribution in [0.3, 0.4) is 0 Å². The molecule has 0 radical (unpaired) electrons. The lowest BCUT2D eigenvalue weighted by atomic mass is 10.1. The Labute approximate surface area is 130 Å². The van der Waals surface area contributed by atoms with Gasteiger partial charge in [0.15, 0.2) is 0 Å². The molecule has 0 saturated heterocycles. The number of ether oxygens (including phenoxy) is 1. The van der Waals surface area contributed by atoms with Crippen molar-refractivity contribution in [2.45, 2.75) is 30.5 Å². The highest BCUT2D eigenvalue weighted by Gasteiger charge is 2.34.